The summed E-state index contributed by atoms with van der Waals surface area (Å²) in [5.41, 5.74) is 1.79. The number of esters is 1. The van der Waals surface area contributed by atoms with Gasteiger partial charge in [-0.15, -0.1) is 0 Å². The number of para-hydroxylation sites is 2. The second-order valence-electron chi connectivity index (χ2n) is 5.19. The van der Waals surface area contributed by atoms with Crippen molar-refractivity contribution >= 4 is 57.7 Å². The number of hydrogen-bond donors (Lipinski definition) is 0. The van der Waals surface area contributed by atoms with Gasteiger partial charge in [0.05, 0.1) is 28.0 Å². The van der Waals surface area contributed by atoms with Gasteiger partial charge in [0.2, 0.25) is 5.78 Å². The molecule has 3 rings (SSSR count). The van der Waals surface area contributed by atoms with Crippen molar-refractivity contribution in [1.29, 1.82) is 0 Å². The van der Waals surface area contributed by atoms with Crippen LogP contribution in [0.5, 0.6) is 0 Å². The number of thioether (sulfide) groups is 1. The van der Waals surface area contributed by atoms with Crippen LogP contribution in [0.15, 0.2) is 53.7 Å². The Morgan fingerprint density at radius 3 is 2.62 bits per heavy atom. The fraction of sp³-hybridized carbons (Fsp3) is 0.111. The summed E-state index contributed by atoms with van der Waals surface area (Å²) in [6.45, 7) is -0.385. The van der Waals surface area contributed by atoms with Crippen molar-refractivity contribution in [3.8, 4) is 0 Å². The van der Waals surface area contributed by atoms with Gasteiger partial charge in [-0.3, -0.25) is 14.6 Å². The van der Waals surface area contributed by atoms with Gasteiger partial charge < -0.3 is 4.74 Å². The molecule has 0 aliphatic carbocycles. The van der Waals surface area contributed by atoms with E-state index in [2.05, 4.69) is 9.97 Å². The third-order valence-electron chi connectivity index (χ3n) is 3.36. The Bertz CT molecular complexity index is 982. The van der Waals surface area contributed by atoms with Crippen LogP contribution in [0.2, 0.25) is 10.0 Å². The minimum Gasteiger partial charge on any atom is -0.457 e. The van der Waals surface area contributed by atoms with Gasteiger partial charge in [0, 0.05) is 10.6 Å². The normalized spacial score (nSPS) is 10.7. The second-order valence-corrected chi connectivity index (χ2v) is 7.03. The van der Waals surface area contributed by atoms with E-state index in [-0.39, 0.29) is 22.9 Å². The maximum Gasteiger partial charge on any atom is 0.316 e. The molecule has 132 valence electrons. The number of hydrogen-bond acceptors (Lipinski definition) is 6. The topological polar surface area (TPSA) is 69.2 Å². The van der Waals surface area contributed by atoms with Crippen LogP contribution in [-0.4, -0.2) is 34.1 Å². The third kappa shape index (κ3) is 4.72. The number of carbonyl (C=O) groups is 2. The van der Waals surface area contributed by atoms with Gasteiger partial charge in [-0.2, -0.15) is 0 Å². The molecule has 0 aliphatic rings. The summed E-state index contributed by atoms with van der Waals surface area (Å²) in [6, 6.07) is 12.0. The number of Topliss-reactive ketones (excluding diaryl/α,β-unsaturated/α-hetero) is 1. The molecule has 0 atom stereocenters. The highest BCUT2D eigenvalue weighted by molar-refractivity contribution is 7.99. The number of aromatic nitrogens is 2. The summed E-state index contributed by atoms with van der Waals surface area (Å²) in [5.74, 6) is -0.895. The van der Waals surface area contributed by atoms with E-state index in [4.69, 9.17) is 27.9 Å². The Labute approximate surface area is 163 Å². The lowest BCUT2D eigenvalue weighted by Gasteiger charge is -2.06. The number of halogens is 2. The first-order valence-corrected chi connectivity index (χ1v) is 9.25. The Morgan fingerprint density at radius 1 is 1.08 bits per heavy atom. The number of ether oxygens (including phenoxy) is 1. The van der Waals surface area contributed by atoms with Crippen molar-refractivity contribution in [2.75, 3.05) is 12.4 Å². The predicted octanol–water partition coefficient (Wildman–Crippen LogP) is 4.45. The van der Waals surface area contributed by atoms with Crippen LogP contribution < -0.4 is 0 Å². The average Bonchev–Trinajstić information content (AvgIpc) is 2.64. The van der Waals surface area contributed by atoms with Gasteiger partial charge in [0.1, 0.15) is 5.03 Å². The highest BCUT2D eigenvalue weighted by atomic mass is 35.5. The molecule has 0 amide bonds. The summed E-state index contributed by atoms with van der Waals surface area (Å²) in [4.78, 5) is 32.6. The minimum absolute atomic E-state index is 0.0225. The fourth-order valence-corrected chi connectivity index (χ4v) is 3.28. The second kappa shape index (κ2) is 8.49. The summed E-state index contributed by atoms with van der Waals surface area (Å²) in [5, 5.41) is 1.25. The van der Waals surface area contributed by atoms with Crippen molar-refractivity contribution in [3.63, 3.8) is 0 Å². The molecular weight excluding hydrogens is 395 g/mol. The first-order valence-electron chi connectivity index (χ1n) is 7.51. The summed E-state index contributed by atoms with van der Waals surface area (Å²) >= 11 is 12.9. The number of nitrogens with zero attached hydrogens (tertiary/aromatic N) is 2. The molecule has 3 aromatic rings. The first kappa shape index (κ1) is 18.6. The van der Waals surface area contributed by atoms with Gasteiger partial charge in [0.25, 0.3) is 0 Å². The van der Waals surface area contributed by atoms with Crippen LogP contribution in [-0.2, 0) is 9.53 Å². The van der Waals surface area contributed by atoms with E-state index in [0.29, 0.717) is 10.0 Å². The first-order chi connectivity index (χ1) is 12.5. The molecule has 0 spiro atoms. The number of ketones is 1. The van der Waals surface area contributed by atoms with E-state index in [1.165, 1.54) is 23.9 Å². The number of rotatable bonds is 6. The standard InChI is InChI=1S/C18H12Cl2N2O3S/c19-11-5-6-12(13(20)7-11)16(23)9-25-18(24)10-26-17-8-21-14-3-1-2-4-15(14)22-17/h1-8H,9-10H2. The Hall–Kier alpha value is -2.15. The molecule has 1 aromatic heterocycles. The maximum atomic E-state index is 12.1. The Balaban J connectivity index is 1.52. The van der Waals surface area contributed by atoms with Crippen LogP contribution in [0, 0.1) is 0 Å². The van der Waals surface area contributed by atoms with Crippen molar-refractivity contribution in [1.82, 2.24) is 9.97 Å². The van der Waals surface area contributed by atoms with Gasteiger partial charge in [-0.1, -0.05) is 47.1 Å². The van der Waals surface area contributed by atoms with Gasteiger partial charge in [-0.25, -0.2) is 4.98 Å². The molecule has 5 nitrogen and oxygen atoms in total. The molecule has 0 unspecified atom stereocenters. The monoisotopic (exact) mass is 406 g/mol. The lowest BCUT2D eigenvalue weighted by molar-refractivity contribution is -0.139. The van der Waals surface area contributed by atoms with Crippen LogP contribution >= 0.6 is 35.0 Å². The number of carbonyl (C=O) groups excluding carboxylic acids is 2. The maximum absolute atomic E-state index is 12.1. The van der Waals surface area contributed by atoms with Crippen molar-refractivity contribution in [3.05, 3.63) is 64.3 Å². The van der Waals surface area contributed by atoms with Crippen molar-refractivity contribution < 1.29 is 14.3 Å². The molecule has 1 heterocycles. The molecule has 0 aliphatic heterocycles. The van der Waals surface area contributed by atoms with Gasteiger partial charge >= 0.3 is 5.97 Å². The van der Waals surface area contributed by atoms with E-state index in [1.54, 1.807) is 12.3 Å². The lowest BCUT2D eigenvalue weighted by atomic mass is 10.1. The van der Waals surface area contributed by atoms with E-state index >= 15 is 0 Å². The van der Waals surface area contributed by atoms with Crippen LogP contribution in [0.1, 0.15) is 10.4 Å². The van der Waals surface area contributed by atoms with Crippen LogP contribution in [0.3, 0.4) is 0 Å². The zero-order valence-electron chi connectivity index (χ0n) is 13.3. The molecule has 2 aromatic carbocycles. The quantitative estimate of drug-likeness (QED) is 0.342. The van der Waals surface area contributed by atoms with Crippen molar-refractivity contribution in [2.45, 2.75) is 5.03 Å². The number of benzene rings is 2. The lowest BCUT2D eigenvalue weighted by Crippen LogP contribution is -2.16. The van der Waals surface area contributed by atoms with Crippen LogP contribution in [0.4, 0.5) is 0 Å². The largest absolute Gasteiger partial charge is 0.457 e. The fourth-order valence-electron chi connectivity index (χ4n) is 2.12. The van der Waals surface area contributed by atoms with E-state index in [9.17, 15) is 9.59 Å². The molecule has 0 bridgehead atoms. The molecule has 0 saturated carbocycles. The molecule has 0 radical (unpaired) electrons. The number of fused-ring (bicyclic) bond motifs is 1. The zero-order valence-corrected chi connectivity index (χ0v) is 15.6. The Kier molecular flexibility index (Phi) is 6.08. The molecule has 8 heteroatoms. The van der Waals surface area contributed by atoms with E-state index in [1.807, 2.05) is 24.3 Å². The molecule has 0 fully saturated rings. The van der Waals surface area contributed by atoms with Crippen molar-refractivity contribution in [2.24, 2.45) is 0 Å². The Morgan fingerprint density at radius 2 is 1.85 bits per heavy atom. The SMILES string of the molecule is O=C(CSc1cnc2ccccc2n1)OCC(=O)c1ccc(Cl)cc1Cl. The smallest absolute Gasteiger partial charge is 0.316 e. The highest BCUT2D eigenvalue weighted by Gasteiger charge is 2.14. The van der Waals surface area contributed by atoms with E-state index in [0.717, 1.165) is 11.0 Å². The average molecular weight is 407 g/mol. The molecule has 0 saturated heterocycles. The zero-order chi connectivity index (χ0) is 18.5. The van der Waals surface area contributed by atoms with Gasteiger partial charge in [-0.05, 0) is 30.3 Å². The predicted molar refractivity (Wildman–Crippen MR) is 102 cm³/mol. The molecule has 26 heavy (non-hydrogen) atoms. The van der Waals surface area contributed by atoms with E-state index < -0.39 is 11.8 Å². The molecule has 0 N–H and O–H groups in total. The third-order valence-corrected chi connectivity index (χ3v) is 4.78. The summed E-state index contributed by atoms with van der Waals surface area (Å²) < 4.78 is 5.00. The highest BCUT2D eigenvalue weighted by Crippen LogP contribution is 2.22. The minimum atomic E-state index is -0.525. The molecular formula is C18H12Cl2N2O3S. The van der Waals surface area contributed by atoms with Gasteiger partial charge in [0.15, 0.2) is 6.61 Å². The summed E-state index contributed by atoms with van der Waals surface area (Å²) in [6.07, 6.45) is 1.60. The van der Waals surface area contributed by atoms with Crippen LogP contribution in [0.25, 0.3) is 11.0 Å². The summed E-state index contributed by atoms with van der Waals surface area (Å²) in [7, 11) is 0.